The maximum atomic E-state index is 5.15. The Kier molecular flexibility index (Phi) is 3.57. The van der Waals surface area contributed by atoms with Gasteiger partial charge in [-0.2, -0.15) is 0 Å². The molecule has 66 valence electrons. The molecule has 1 aromatic rings. The maximum absolute atomic E-state index is 5.15. The molecule has 0 amide bonds. The second kappa shape index (κ2) is 4.74. The quantitative estimate of drug-likeness (QED) is 0.683. The molecule has 0 heterocycles. The minimum absolute atomic E-state index is 0.514. The summed E-state index contributed by atoms with van der Waals surface area (Å²) in [7, 11) is 1.65. The van der Waals surface area contributed by atoms with Gasteiger partial charge in [-0.3, -0.25) is 0 Å². The van der Waals surface area contributed by atoms with Gasteiger partial charge in [0.05, 0.1) is 13.7 Å². The third-order valence-electron chi connectivity index (χ3n) is 1.68. The lowest BCUT2D eigenvalue weighted by Crippen LogP contribution is -2.04. The lowest BCUT2D eigenvalue weighted by atomic mass is 10.1. The van der Waals surface area contributed by atoms with Gasteiger partial charge in [-0.05, 0) is 11.6 Å². The van der Waals surface area contributed by atoms with Crippen LogP contribution in [-0.4, -0.2) is 13.7 Å². The first-order valence-corrected chi connectivity index (χ1v) is 3.82. The molecule has 0 radical (unpaired) electrons. The van der Waals surface area contributed by atoms with Crippen LogP contribution in [0.5, 0.6) is 5.75 Å². The van der Waals surface area contributed by atoms with E-state index in [1.165, 1.54) is 0 Å². The van der Waals surface area contributed by atoms with Crippen LogP contribution in [0.15, 0.2) is 24.3 Å². The van der Waals surface area contributed by atoms with Gasteiger partial charge in [0.15, 0.2) is 0 Å². The van der Waals surface area contributed by atoms with E-state index in [1.54, 1.807) is 7.11 Å². The smallest absolute Gasteiger partial charge is 0.122 e. The fraction of sp³-hybridized carbons (Fsp3) is 0.333. The van der Waals surface area contributed by atoms with Crippen LogP contribution >= 0.6 is 0 Å². The first-order chi connectivity index (χ1) is 5.88. The van der Waals surface area contributed by atoms with Gasteiger partial charge >= 0.3 is 0 Å². The van der Waals surface area contributed by atoms with Crippen molar-refractivity contribution in [1.29, 1.82) is 0 Å². The van der Waals surface area contributed by atoms with Gasteiger partial charge in [0.2, 0.25) is 0 Å². The van der Waals surface area contributed by atoms with Crippen LogP contribution in [0, 0.1) is 0 Å². The minimum atomic E-state index is 0.514. The highest BCUT2D eigenvalue weighted by atomic mass is 16.6. The summed E-state index contributed by atoms with van der Waals surface area (Å²) in [5, 5.41) is 0. The maximum Gasteiger partial charge on any atom is 0.122 e. The molecule has 0 aliphatic carbocycles. The zero-order valence-corrected chi connectivity index (χ0v) is 7.12. The Bertz CT molecular complexity index is 238. The van der Waals surface area contributed by atoms with Gasteiger partial charge < -0.3 is 9.57 Å². The lowest BCUT2D eigenvalue weighted by molar-refractivity contribution is 0.140. The van der Waals surface area contributed by atoms with E-state index in [0.29, 0.717) is 6.61 Å². The molecule has 1 aromatic carbocycles. The highest BCUT2D eigenvalue weighted by Crippen LogP contribution is 2.17. The highest BCUT2D eigenvalue weighted by Gasteiger charge is 1.99. The first-order valence-electron chi connectivity index (χ1n) is 3.82. The second-order valence-corrected chi connectivity index (χ2v) is 2.43. The Labute approximate surface area is 72.0 Å². The topological polar surface area (TPSA) is 44.5 Å². The number of nitrogens with two attached hydrogens (primary N) is 1. The largest absolute Gasteiger partial charge is 0.496 e. The van der Waals surface area contributed by atoms with Gasteiger partial charge in [-0.25, -0.2) is 5.90 Å². The van der Waals surface area contributed by atoms with Crippen molar-refractivity contribution in [3.63, 3.8) is 0 Å². The average molecular weight is 167 g/mol. The summed E-state index contributed by atoms with van der Waals surface area (Å²) in [6, 6.07) is 7.82. The Morgan fingerprint density at radius 3 is 2.75 bits per heavy atom. The van der Waals surface area contributed by atoms with Crippen LogP contribution in [0.1, 0.15) is 5.56 Å². The van der Waals surface area contributed by atoms with Crippen LogP contribution < -0.4 is 10.6 Å². The molecule has 0 fully saturated rings. The Balaban J connectivity index is 2.68. The minimum Gasteiger partial charge on any atom is -0.496 e. The van der Waals surface area contributed by atoms with Crippen molar-refractivity contribution in [3.05, 3.63) is 29.8 Å². The lowest BCUT2D eigenvalue weighted by Gasteiger charge is -2.06. The fourth-order valence-electron chi connectivity index (χ4n) is 1.08. The van der Waals surface area contributed by atoms with Crippen molar-refractivity contribution in [2.45, 2.75) is 6.42 Å². The number of para-hydroxylation sites is 1. The van der Waals surface area contributed by atoms with E-state index in [1.807, 2.05) is 24.3 Å². The summed E-state index contributed by atoms with van der Waals surface area (Å²) >= 11 is 0. The Morgan fingerprint density at radius 2 is 2.08 bits per heavy atom. The number of ether oxygens (including phenoxy) is 1. The number of rotatable bonds is 4. The normalized spacial score (nSPS) is 9.83. The molecule has 12 heavy (non-hydrogen) atoms. The number of hydrogen-bond acceptors (Lipinski definition) is 3. The van der Waals surface area contributed by atoms with Crippen molar-refractivity contribution in [2.24, 2.45) is 5.90 Å². The standard InChI is InChI=1S/C9H13NO2/c1-11-9-5-3-2-4-8(9)6-7-12-10/h2-5H,6-7,10H2,1H3. The Morgan fingerprint density at radius 1 is 1.33 bits per heavy atom. The predicted molar refractivity (Wildman–Crippen MR) is 46.8 cm³/mol. The summed E-state index contributed by atoms with van der Waals surface area (Å²) < 4.78 is 5.15. The number of hydrogen-bond donors (Lipinski definition) is 1. The Hall–Kier alpha value is -1.06. The number of methoxy groups -OCH3 is 1. The van der Waals surface area contributed by atoms with E-state index in [0.717, 1.165) is 17.7 Å². The van der Waals surface area contributed by atoms with Crippen molar-refractivity contribution in [3.8, 4) is 5.75 Å². The zero-order valence-electron chi connectivity index (χ0n) is 7.12. The highest BCUT2D eigenvalue weighted by molar-refractivity contribution is 5.33. The summed E-state index contributed by atoms with van der Waals surface area (Å²) in [5.74, 6) is 5.81. The molecule has 3 nitrogen and oxygen atoms in total. The van der Waals surface area contributed by atoms with E-state index in [2.05, 4.69) is 4.84 Å². The van der Waals surface area contributed by atoms with E-state index < -0.39 is 0 Å². The molecular weight excluding hydrogens is 154 g/mol. The molecule has 0 unspecified atom stereocenters. The zero-order chi connectivity index (χ0) is 8.81. The molecule has 0 aromatic heterocycles. The first kappa shape index (κ1) is 9.03. The monoisotopic (exact) mass is 167 g/mol. The third kappa shape index (κ3) is 2.22. The fourth-order valence-corrected chi connectivity index (χ4v) is 1.08. The van der Waals surface area contributed by atoms with Crippen LogP contribution in [0.2, 0.25) is 0 Å². The molecule has 3 heteroatoms. The van der Waals surface area contributed by atoms with Crippen molar-refractivity contribution in [2.75, 3.05) is 13.7 Å². The van der Waals surface area contributed by atoms with Crippen LogP contribution in [-0.2, 0) is 11.3 Å². The molecule has 0 saturated heterocycles. The van der Waals surface area contributed by atoms with Gasteiger partial charge in [0.25, 0.3) is 0 Å². The van der Waals surface area contributed by atoms with Gasteiger partial charge in [-0.15, -0.1) is 0 Å². The molecule has 0 bridgehead atoms. The molecular formula is C9H13NO2. The van der Waals surface area contributed by atoms with Crippen molar-refractivity contribution >= 4 is 0 Å². The average Bonchev–Trinajstić information content (AvgIpc) is 2.15. The predicted octanol–water partition coefficient (Wildman–Crippen LogP) is 1.13. The van der Waals surface area contributed by atoms with E-state index in [9.17, 15) is 0 Å². The summed E-state index contributed by atoms with van der Waals surface area (Å²) in [6.45, 7) is 0.514. The second-order valence-electron chi connectivity index (χ2n) is 2.43. The van der Waals surface area contributed by atoms with Crippen molar-refractivity contribution in [1.82, 2.24) is 0 Å². The SMILES string of the molecule is COc1ccccc1CCON. The number of benzene rings is 1. The molecule has 1 rings (SSSR count). The van der Waals surface area contributed by atoms with E-state index >= 15 is 0 Å². The van der Waals surface area contributed by atoms with E-state index in [4.69, 9.17) is 10.6 Å². The summed E-state index contributed by atoms with van der Waals surface area (Å²) in [4.78, 5) is 4.49. The van der Waals surface area contributed by atoms with Crippen LogP contribution in [0.4, 0.5) is 0 Å². The summed E-state index contributed by atoms with van der Waals surface area (Å²) in [6.07, 6.45) is 0.778. The summed E-state index contributed by atoms with van der Waals surface area (Å²) in [5.41, 5.74) is 1.12. The van der Waals surface area contributed by atoms with Gasteiger partial charge in [0, 0.05) is 6.42 Å². The van der Waals surface area contributed by atoms with Crippen LogP contribution in [0.3, 0.4) is 0 Å². The molecule has 0 atom stereocenters. The van der Waals surface area contributed by atoms with E-state index in [-0.39, 0.29) is 0 Å². The molecule has 0 saturated carbocycles. The molecule has 0 aliphatic heterocycles. The van der Waals surface area contributed by atoms with Gasteiger partial charge in [-0.1, -0.05) is 18.2 Å². The molecule has 0 spiro atoms. The molecule has 2 N–H and O–H groups in total. The third-order valence-corrected chi connectivity index (χ3v) is 1.68. The van der Waals surface area contributed by atoms with Gasteiger partial charge in [0.1, 0.15) is 5.75 Å². The van der Waals surface area contributed by atoms with Crippen molar-refractivity contribution < 1.29 is 9.57 Å². The molecule has 0 aliphatic rings. The van der Waals surface area contributed by atoms with Crippen LogP contribution in [0.25, 0.3) is 0 Å².